The SMILES string of the molecule is CC(C)CCNC(=O)[C@H](C)N(Cc1ccc(F)cc1)C(=O)Cc1ccccc1. The summed E-state index contributed by atoms with van der Waals surface area (Å²) in [6.45, 7) is 6.76. The van der Waals surface area contributed by atoms with Gasteiger partial charge in [-0.15, -0.1) is 0 Å². The lowest BCUT2D eigenvalue weighted by atomic mass is 10.1. The number of nitrogens with one attached hydrogen (secondary N) is 1. The molecule has 28 heavy (non-hydrogen) atoms. The van der Waals surface area contributed by atoms with Gasteiger partial charge in [-0.3, -0.25) is 9.59 Å². The maximum Gasteiger partial charge on any atom is 0.242 e. The highest BCUT2D eigenvalue weighted by atomic mass is 19.1. The van der Waals surface area contributed by atoms with Crippen molar-refractivity contribution in [3.8, 4) is 0 Å². The molecule has 0 radical (unpaired) electrons. The van der Waals surface area contributed by atoms with Crippen LogP contribution in [0.25, 0.3) is 0 Å². The Labute approximate surface area is 166 Å². The van der Waals surface area contributed by atoms with E-state index in [1.807, 2.05) is 30.3 Å². The van der Waals surface area contributed by atoms with Crippen molar-refractivity contribution < 1.29 is 14.0 Å². The zero-order valence-electron chi connectivity index (χ0n) is 16.8. The van der Waals surface area contributed by atoms with E-state index < -0.39 is 6.04 Å². The monoisotopic (exact) mass is 384 g/mol. The molecule has 2 rings (SSSR count). The van der Waals surface area contributed by atoms with E-state index in [-0.39, 0.29) is 30.6 Å². The van der Waals surface area contributed by atoms with Crippen molar-refractivity contribution in [1.82, 2.24) is 10.2 Å². The maximum absolute atomic E-state index is 13.2. The Bertz CT molecular complexity index is 760. The van der Waals surface area contributed by atoms with Gasteiger partial charge in [0.15, 0.2) is 0 Å². The van der Waals surface area contributed by atoms with Crippen molar-refractivity contribution >= 4 is 11.8 Å². The third kappa shape index (κ3) is 6.80. The molecule has 0 saturated carbocycles. The second-order valence-corrected chi connectivity index (χ2v) is 7.46. The first kappa shape index (κ1) is 21.6. The third-order valence-corrected chi connectivity index (χ3v) is 4.65. The highest BCUT2D eigenvalue weighted by Gasteiger charge is 2.26. The lowest BCUT2D eigenvalue weighted by molar-refractivity contribution is -0.140. The normalized spacial score (nSPS) is 11.9. The summed E-state index contributed by atoms with van der Waals surface area (Å²) < 4.78 is 13.2. The lowest BCUT2D eigenvalue weighted by Crippen LogP contribution is -2.48. The first-order valence-electron chi connectivity index (χ1n) is 9.72. The molecule has 0 bridgehead atoms. The smallest absolute Gasteiger partial charge is 0.242 e. The van der Waals surface area contributed by atoms with E-state index in [0.717, 1.165) is 17.5 Å². The van der Waals surface area contributed by atoms with Gasteiger partial charge in [0.25, 0.3) is 0 Å². The average molecular weight is 384 g/mol. The molecule has 0 saturated heterocycles. The van der Waals surface area contributed by atoms with Crippen LogP contribution in [0, 0.1) is 11.7 Å². The molecule has 0 aliphatic carbocycles. The average Bonchev–Trinajstić information content (AvgIpc) is 2.67. The Balaban J connectivity index is 2.13. The molecular weight excluding hydrogens is 355 g/mol. The predicted molar refractivity (Wildman–Crippen MR) is 109 cm³/mol. The van der Waals surface area contributed by atoms with Crippen LogP contribution in [0.3, 0.4) is 0 Å². The van der Waals surface area contributed by atoms with Crippen molar-refractivity contribution in [1.29, 1.82) is 0 Å². The van der Waals surface area contributed by atoms with Gasteiger partial charge in [0.1, 0.15) is 11.9 Å². The van der Waals surface area contributed by atoms with Crippen LogP contribution in [0.5, 0.6) is 0 Å². The van der Waals surface area contributed by atoms with Gasteiger partial charge < -0.3 is 10.2 Å². The number of hydrogen-bond acceptors (Lipinski definition) is 2. The third-order valence-electron chi connectivity index (χ3n) is 4.65. The molecule has 2 aromatic rings. The summed E-state index contributed by atoms with van der Waals surface area (Å²) in [7, 11) is 0. The molecule has 4 nitrogen and oxygen atoms in total. The zero-order valence-corrected chi connectivity index (χ0v) is 16.8. The first-order valence-corrected chi connectivity index (χ1v) is 9.72. The van der Waals surface area contributed by atoms with Crippen LogP contribution in [0.2, 0.25) is 0 Å². The second kappa shape index (κ2) is 10.6. The predicted octanol–water partition coefficient (Wildman–Crippen LogP) is 3.95. The Morgan fingerprint density at radius 3 is 2.21 bits per heavy atom. The van der Waals surface area contributed by atoms with E-state index in [4.69, 9.17) is 0 Å². The van der Waals surface area contributed by atoms with Crippen molar-refractivity contribution in [2.24, 2.45) is 5.92 Å². The summed E-state index contributed by atoms with van der Waals surface area (Å²) in [6, 6.07) is 14.8. The van der Waals surface area contributed by atoms with E-state index in [0.29, 0.717) is 12.5 Å². The quantitative estimate of drug-likeness (QED) is 0.712. The second-order valence-electron chi connectivity index (χ2n) is 7.46. The van der Waals surface area contributed by atoms with Gasteiger partial charge in [-0.1, -0.05) is 56.3 Å². The molecule has 0 spiro atoms. The van der Waals surface area contributed by atoms with E-state index in [1.165, 1.54) is 12.1 Å². The first-order chi connectivity index (χ1) is 13.4. The van der Waals surface area contributed by atoms with Crippen molar-refractivity contribution in [2.45, 2.75) is 46.2 Å². The minimum absolute atomic E-state index is 0.137. The summed E-state index contributed by atoms with van der Waals surface area (Å²) >= 11 is 0. The van der Waals surface area contributed by atoms with Gasteiger partial charge in [-0.2, -0.15) is 0 Å². The van der Waals surface area contributed by atoms with Gasteiger partial charge in [0.05, 0.1) is 6.42 Å². The molecule has 2 aromatic carbocycles. The fourth-order valence-corrected chi connectivity index (χ4v) is 2.87. The largest absolute Gasteiger partial charge is 0.354 e. The number of benzene rings is 2. The Kier molecular flexibility index (Phi) is 8.18. The highest BCUT2D eigenvalue weighted by Crippen LogP contribution is 2.13. The zero-order chi connectivity index (χ0) is 20.5. The minimum Gasteiger partial charge on any atom is -0.354 e. The Morgan fingerprint density at radius 1 is 0.964 bits per heavy atom. The molecule has 1 N–H and O–H groups in total. The molecular formula is C23H29FN2O2. The van der Waals surface area contributed by atoms with Crippen LogP contribution in [-0.4, -0.2) is 29.3 Å². The number of carbonyl (C=O) groups is 2. The topological polar surface area (TPSA) is 49.4 Å². The fourth-order valence-electron chi connectivity index (χ4n) is 2.87. The molecule has 0 fully saturated rings. The van der Waals surface area contributed by atoms with Crippen molar-refractivity contribution in [2.75, 3.05) is 6.54 Å². The molecule has 0 aliphatic rings. The summed E-state index contributed by atoms with van der Waals surface area (Å²) in [6.07, 6.45) is 1.10. The van der Waals surface area contributed by atoms with Gasteiger partial charge in [-0.05, 0) is 42.5 Å². The van der Waals surface area contributed by atoms with Crippen LogP contribution < -0.4 is 5.32 Å². The van der Waals surface area contributed by atoms with E-state index >= 15 is 0 Å². The lowest BCUT2D eigenvalue weighted by Gasteiger charge is -2.29. The van der Waals surface area contributed by atoms with Gasteiger partial charge in [0.2, 0.25) is 11.8 Å². The molecule has 5 heteroatoms. The molecule has 0 heterocycles. The molecule has 1 atom stereocenters. The van der Waals surface area contributed by atoms with Crippen molar-refractivity contribution in [3.05, 3.63) is 71.5 Å². The van der Waals surface area contributed by atoms with Crippen LogP contribution >= 0.6 is 0 Å². The molecule has 0 unspecified atom stereocenters. The number of carbonyl (C=O) groups excluding carboxylic acids is 2. The van der Waals surface area contributed by atoms with Gasteiger partial charge >= 0.3 is 0 Å². The number of rotatable bonds is 9. The van der Waals surface area contributed by atoms with Gasteiger partial charge in [0, 0.05) is 13.1 Å². The number of halogens is 1. The maximum atomic E-state index is 13.2. The Morgan fingerprint density at radius 2 is 1.61 bits per heavy atom. The summed E-state index contributed by atoms with van der Waals surface area (Å²) in [5.41, 5.74) is 1.67. The van der Waals surface area contributed by atoms with Crippen LogP contribution in [0.15, 0.2) is 54.6 Å². The minimum atomic E-state index is -0.617. The van der Waals surface area contributed by atoms with E-state index in [9.17, 15) is 14.0 Å². The Hall–Kier alpha value is -2.69. The molecule has 150 valence electrons. The summed E-state index contributed by atoms with van der Waals surface area (Å²) in [5, 5.41) is 2.92. The standard InChI is InChI=1S/C23H29FN2O2/c1-17(2)13-14-25-23(28)18(3)26(16-20-9-11-21(24)12-10-20)22(27)15-19-7-5-4-6-8-19/h4-12,17-18H,13-16H2,1-3H3,(H,25,28)/t18-/m0/s1. The van der Waals surface area contributed by atoms with Crippen LogP contribution in [-0.2, 0) is 22.6 Å². The number of nitrogens with zero attached hydrogens (tertiary/aromatic N) is 1. The molecule has 0 aliphatic heterocycles. The highest BCUT2D eigenvalue weighted by molar-refractivity contribution is 5.88. The van der Waals surface area contributed by atoms with Gasteiger partial charge in [-0.25, -0.2) is 4.39 Å². The fraction of sp³-hybridized carbons (Fsp3) is 0.391. The van der Waals surface area contributed by atoms with E-state index in [1.54, 1.807) is 24.0 Å². The number of amides is 2. The van der Waals surface area contributed by atoms with Crippen LogP contribution in [0.4, 0.5) is 4.39 Å². The number of hydrogen-bond donors (Lipinski definition) is 1. The van der Waals surface area contributed by atoms with E-state index in [2.05, 4.69) is 19.2 Å². The van der Waals surface area contributed by atoms with Crippen molar-refractivity contribution in [3.63, 3.8) is 0 Å². The molecule has 2 amide bonds. The summed E-state index contributed by atoms with van der Waals surface area (Å²) in [4.78, 5) is 27.1. The summed E-state index contributed by atoms with van der Waals surface area (Å²) in [5.74, 6) is -0.151. The molecule has 0 aromatic heterocycles. The van der Waals surface area contributed by atoms with Crippen LogP contribution in [0.1, 0.15) is 38.3 Å².